The third-order valence-corrected chi connectivity index (χ3v) is 3.56. The highest BCUT2D eigenvalue weighted by Crippen LogP contribution is 2.29. The number of hydrogen-bond donors (Lipinski definition) is 0. The van der Waals surface area contributed by atoms with E-state index < -0.39 is 11.7 Å². The molecule has 0 aliphatic carbocycles. The van der Waals surface area contributed by atoms with E-state index in [1.807, 2.05) is 42.5 Å². The third-order valence-electron chi connectivity index (χ3n) is 3.56. The van der Waals surface area contributed by atoms with E-state index in [1.165, 1.54) is 0 Å². The maximum absolute atomic E-state index is 12.6. The lowest BCUT2D eigenvalue weighted by Gasteiger charge is -2.09. The first kappa shape index (κ1) is 13.7. The summed E-state index contributed by atoms with van der Waals surface area (Å²) in [7, 11) is 0. The Morgan fingerprint density at radius 1 is 0.714 bits per heavy atom. The lowest BCUT2D eigenvalue weighted by molar-refractivity contribution is -0.137. The van der Waals surface area contributed by atoms with Crippen LogP contribution < -0.4 is 0 Å². The summed E-state index contributed by atoms with van der Waals surface area (Å²) < 4.78 is 37.7. The van der Waals surface area contributed by atoms with Crippen molar-refractivity contribution in [2.75, 3.05) is 0 Å². The fraction of sp³-hybridized carbons (Fsp3) is 0.111. The molecule has 0 bridgehead atoms. The van der Waals surface area contributed by atoms with Crippen molar-refractivity contribution in [3.8, 4) is 0 Å². The number of fused-ring (bicyclic) bond motifs is 1. The molecular formula is C18H13F3. The molecule has 0 atom stereocenters. The Labute approximate surface area is 120 Å². The van der Waals surface area contributed by atoms with E-state index in [0.717, 1.165) is 34.0 Å². The van der Waals surface area contributed by atoms with E-state index >= 15 is 0 Å². The smallest absolute Gasteiger partial charge is 0.166 e. The fourth-order valence-corrected chi connectivity index (χ4v) is 2.48. The van der Waals surface area contributed by atoms with Gasteiger partial charge in [-0.1, -0.05) is 54.6 Å². The highest BCUT2D eigenvalue weighted by Gasteiger charge is 2.29. The van der Waals surface area contributed by atoms with E-state index in [1.54, 1.807) is 12.1 Å². The fourth-order valence-electron chi connectivity index (χ4n) is 2.48. The molecule has 0 N–H and O–H groups in total. The molecule has 106 valence electrons. The molecule has 21 heavy (non-hydrogen) atoms. The number of rotatable bonds is 2. The lowest BCUT2D eigenvalue weighted by Crippen LogP contribution is -2.04. The minimum atomic E-state index is -4.28. The second-order valence-electron chi connectivity index (χ2n) is 5.01. The van der Waals surface area contributed by atoms with Crippen LogP contribution >= 0.6 is 0 Å². The summed E-state index contributed by atoms with van der Waals surface area (Å²) in [5.41, 5.74) is 1.39. The van der Waals surface area contributed by atoms with E-state index in [9.17, 15) is 13.2 Å². The summed E-state index contributed by atoms with van der Waals surface area (Å²) in [5, 5.41) is 2.28. The minimum absolute atomic E-state index is 0.607. The summed E-state index contributed by atoms with van der Waals surface area (Å²) in [6.07, 6.45) is -3.66. The van der Waals surface area contributed by atoms with Gasteiger partial charge in [0, 0.05) is 0 Å². The van der Waals surface area contributed by atoms with Crippen LogP contribution in [0.25, 0.3) is 10.8 Å². The average molecular weight is 286 g/mol. The zero-order valence-electron chi connectivity index (χ0n) is 11.2. The molecule has 0 amide bonds. The molecule has 0 nitrogen and oxygen atoms in total. The van der Waals surface area contributed by atoms with E-state index in [-0.39, 0.29) is 0 Å². The van der Waals surface area contributed by atoms with Gasteiger partial charge in [0.25, 0.3) is 0 Å². The van der Waals surface area contributed by atoms with Crippen LogP contribution in [0.5, 0.6) is 0 Å². The van der Waals surface area contributed by atoms with E-state index in [0.29, 0.717) is 6.42 Å². The maximum atomic E-state index is 12.6. The Bertz CT molecular complexity index is 750. The van der Waals surface area contributed by atoms with Crippen LogP contribution in [0, 0.1) is 0 Å². The van der Waals surface area contributed by atoms with Crippen molar-refractivity contribution in [1.29, 1.82) is 0 Å². The Kier molecular flexibility index (Phi) is 3.42. The van der Waals surface area contributed by atoms with Gasteiger partial charge in [0.05, 0.1) is 5.56 Å². The molecule has 0 aromatic heterocycles. The first-order valence-electron chi connectivity index (χ1n) is 6.67. The van der Waals surface area contributed by atoms with Crippen LogP contribution in [0.3, 0.4) is 0 Å². The minimum Gasteiger partial charge on any atom is -0.166 e. The van der Waals surface area contributed by atoms with Crippen molar-refractivity contribution in [2.24, 2.45) is 0 Å². The van der Waals surface area contributed by atoms with Crippen molar-refractivity contribution in [2.45, 2.75) is 12.6 Å². The zero-order valence-corrected chi connectivity index (χ0v) is 11.2. The summed E-state index contributed by atoms with van der Waals surface area (Å²) in [4.78, 5) is 0. The molecule has 3 aromatic carbocycles. The monoisotopic (exact) mass is 286 g/mol. The van der Waals surface area contributed by atoms with Gasteiger partial charge in [0.1, 0.15) is 0 Å². The molecule has 3 rings (SSSR count). The van der Waals surface area contributed by atoms with Gasteiger partial charge in [-0.05, 0) is 40.5 Å². The van der Waals surface area contributed by atoms with Gasteiger partial charge in [-0.3, -0.25) is 0 Å². The molecule has 0 aliphatic rings. The van der Waals surface area contributed by atoms with Gasteiger partial charge in [-0.25, -0.2) is 0 Å². The first-order chi connectivity index (χ1) is 10.0. The van der Waals surface area contributed by atoms with Crippen LogP contribution in [-0.4, -0.2) is 0 Å². The van der Waals surface area contributed by atoms with Crippen molar-refractivity contribution >= 4 is 10.8 Å². The van der Waals surface area contributed by atoms with Gasteiger partial charge in [0.2, 0.25) is 0 Å². The molecule has 0 unspecified atom stereocenters. The maximum Gasteiger partial charge on any atom is 0.416 e. The normalized spacial score (nSPS) is 11.8. The lowest BCUT2D eigenvalue weighted by atomic mass is 9.98. The van der Waals surface area contributed by atoms with Crippen molar-refractivity contribution < 1.29 is 13.2 Å². The largest absolute Gasteiger partial charge is 0.416 e. The quantitative estimate of drug-likeness (QED) is 0.587. The topological polar surface area (TPSA) is 0 Å². The number of hydrogen-bond acceptors (Lipinski definition) is 0. The predicted molar refractivity (Wildman–Crippen MR) is 78.2 cm³/mol. The Hall–Kier alpha value is -2.29. The van der Waals surface area contributed by atoms with Crippen molar-refractivity contribution in [3.05, 3.63) is 83.4 Å². The summed E-state index contributed by atoms with van der Waals surface area (Å²) in [5.74, 6) is 0. The Balaban J connectivity index is 1.92. The predicted octanol–water partition coefficient (Wildman–Crippen LogP) is 5.45. The molecule has 0 fully saturated rings. The highest BCUT2D eigenvalue weighted by atomic mass is 19.4. The SMILES string of the molecule is FC(F)(F)c1ccc(Cc2cccc3ccccc23)cc1. The first-order valence-corrected chi connectivity index (χ1v) is 6.67. The van der Waals surface area contributed by atoms with Crippen LogP contribution in [0.2, 0.25) is 0 Å². The molecule has 0 saturated carbocycles. The van der Waals surface area contributed by atoms with Gasteiger partial charge in [-0.15, -0.1) is 0 Å². The standard InChI is InChI=1S/C18H13F3/c19-18(20,21)16-10-8-13(9-11-16)12-15-6-3-5-14-4-1-2-7-17(14)15/h1-11H,12H2. The summed E-state index contributed by atoms with van der Waals surface area (Å²) >= 11 is 0. The second kappa shape index (κ2) is 5.24. The Morgan fingerprint density at radius 2 is 1.38 bits per heavy atom. The molecule has 0 aliphatic heterocycles. The van der Waals surface area contributed by atoms with E-state index in [4.69, 9.17) is 0 Å². The number of halogens is 3. The van der Waals surface area contributed by atoms with E-state index in [2.05, 4.69) is 0 Å². The molecule has 0 radical (unpaired) electrons. The molecule has 0 heterocycles. The van der Waals surface area contributed by atoms with Crippen molar-refractivity contribution in [3.63, 3.8) is 0 Å². The molecule has 0 saturated heterocycles. The Morgan fingerprint density at radius 3 is 2.10 bits per heavy atom. The highest BCUT2D eigenvalue weighted by molar-refractivity contribution is 5.85. The number of benzene rings is 3. The molecule has 0 spiro atoms. The van der Waals surface area contributed by atoms with Gasteiger partial charge in [-0.2, -0.15) is 13.2 Å². The average Bonchev–Trinajstić information content (AvgIpc) is 2.47. The molecule has 3 aromatic rings. The van der Waals surface area contributed by atoms with Crippen molar-refractivity contribution in [1.82, 2.24) is 0 Å². The zero-order chi connectivity index (χ0) is 14.9. The second-order valence-corrected chi connectivity index (χ2v) is 5.01. The number of alkyl halides is 3. The van der Waals surface area contributed by atoms with Crippen LogP contribution in [0.4, 0.5) is 13.2 Å². The van der Waals surface area contributed by atoms with Gasteiger partial charge >= 0.3 is 6.18 Å². The summed E-state index contributed by atoms with van der Waals surface area (Å²) in [6.45, 7) is 0. The van der Waals surface area contributed by atoms with Gasteiger partial charge in [0.15, 0.2) is 0 Å². The summed E-state index contributed by atoms with van der Waals surface area (Å²) in [6, 6.07) is 19.4. The van der Waals surface area contributed by atoms with Crippen LogP contribution in [-0.2, 0) is 12.6 Å². The molecular weight excluding hydrogens is 273 g/mol. The van der Waals surface area contributed by atoms with Crippen LogP contribution in [0.15, 0.2) is 66.7 Å². The third kappa shape index (κ3) is 2.92. The van der Waals surface area contributed by atoms with Gasteiger partial charge < -0.3 is 0 Å². The van der Waals surface area contributed by atoms with Crippen LogP contribution in [0.1, 0.15) is 16.7 Å². The molecule has 3 heteroatoms.